The smallest absolute Gasteiger partial charge is 0.416 e. The van der Waals surface area contributed by atoms with Gasteiger partial charge in [0, 0.05) is 57.2 Å². The highest BCUT2D eigenvalue weighted by atomic mass is 19.4. The Kier molecular flexibility index (Phi) is 8.07. The summed E-state index contributed by atoms with van der Waals surface area (Å²) in [5.41, 5.74) is 1.10. The molecule has 3 rings (SSSR count). The highest BCUT2D eigenvalue weighted by Crippen LogP contribution is 2.31. The van der Waals surface area contributed by atoms with E-state index in [1.807, 2.05) is 24.1 Å². The predicted molar refractivity (Wildman–Crippen MR) is 120 cm³/mol. The number of anilines is 2. The Balaban J connectivity index is 1.30. The lowest BCUT2D eigenvalue weighted by molar-refractivity contribution is -0.137. The van der Waals surface area contributed by atoms with Crippen LogP contribution in [-0.2, 0) is 6.18 Å². The van der Waals surface area contributed by atoms with E-state index in [-0.39, 0.29) is 5.75 Å². The van der Waals surface area contributed by atoms with Gasteiger partial charge in [-0.2, -0.15) is 13.2 Å². The van der Waals surface area contributed by atoms with Crippen molar-refractivity contribution in [2.75, 3.05) is 56.1 Å². The van der Waals surface area contributed by atoms with Crippen molar-refractivity contribution in [2.45, 2.75) is 31.9 Å². The first-order valence-corrected chi connectivity index (χ1v) is 11.0. The molecule has 1 fully saturated rings. The lowest BCUT2D eigenvalue weighted by Crippen LogP contribution is -2.46. The summed E-state index contributed by atoms with van der Waals surface area (Å²) in [6.07, 6.45) is 0.277. The monoisotopic (exact) mass is 435 g/mol. The normalized spacial score (nSPS) is 15.3. The third-order valence-electron chi connectivity index (χ3n) is 5.90. The van der Waals surface area contributed by atoms with Crippen LogP contribution < -0.4 is 9.80 Å². The molecule has 0 bridgehead atoms. The lowest BCUT2D eigenvalue weighted by Gasteiger charge is -2.36. The Morgan fingerprint density at radius 2 is 1.61 bits per heavy atom. The topological polar surface area (TPSA) is 30.0 Å². The average Bonchev–Trinajstić information content (AvgIpc) is 2.76. The van der Waals surface area contributed by atoms with E-state index in [2.05, 4.69) is 9.80 Å². The van der Waals surface area contributed by atoms with Gasteiger partial charge in [-0.25, -0.2) is 0 Å². The van der Waals surface area contributed by atoms with Crippen molar-refractivity contribution in [3.8, 4) is 5.75 Å². The van der Waals surface area contributed by atoms with Gasteiger partial charge < -0.3 is 14.9 Å². The number of hydrogen-bond acceptors (Lipinski definition) is 4. The molecule has 4 nitrogen and oxygen atoms in total. The van der Waals surface area contributed by atoms with Gasteiger partial charge in [0.25, 0.3) is 0 Å². The Bertz CT molecular complexity index is 820. The second-order valence-corrected chi connectivity index (χ2v) is 8.23. The van der Waals surface area contributed by atoms with Crippen LogP contribution in [0.25, 0.3) is 0 Å². The van der Waals surface area contributed by atoms with Gasteiger partial charge in [-0.3, -0.25) is 4.90 Å². The average molecular weight is 436 g/mol. The van der Waals surface area contributed by atoms with E-state index in [0.29, 0.717) is 5.69 Å². The largest absolute Gasteiger partial charge is 0.508 e. The van der Waals surface area contributed by atoms with Gasteiger partial charge in [0.05, 0.1) is 5.56 Å². The Labute approximate surface area is 182 Å². The van der Waals surface area contributed by atoms with Crippen molar-refractivity contribution in [3.05, 3.63) is 54.1 Å². The predicted octanol–water partition coefficient (Wildman–Crippen LogP) is 5.23. The van der Waals surface area contributed by atoms with Crippen LogP contribution in [0.3, 0.4) is 0 Å². The second kappa shape index (κ2) is 10.8. The molecular weight excluding hydrogens is 403 g/mol. The molecule has 170 valence electrons. The molecule has 0 radical (unpaired) electrons. The fraction of sp³-hybridized carbons (Fsp3) is 0.500. The van der Waals surface area contributed by atoms with Crippen LogP contribution in [0.5, 0.6) is 5.75 Å². The van der Waals surface area contributed by atoms with Gasteiger partial charge in [0.2, 0.25) is 0 Å². The molecule has 1 aliphatic heterocycles. The number of halogens is 3. The maximum absolute atomic E-state index is 12.9. The minimum Gasteiger partial charge on any atom is -0.508 e. The number of alkyl halides is 3. The number of phenolic OH excluding ortho intramolecular Hbond substituents is 1. The molecule has 0 aliphatic carbocycles. The van der Waals surface area contributed by atoms with Gasteiger partial charge in [-0.05, 0) is 49.7 Å². The standard InChI is InChI=1S/C24H32F3N3O/c1-28(21-9-7-11-23(31)19-21)12-4-2-3-5-13-29-14-16-30(17-15-29)22-10-6-8-20(18-22)24(25,26)27/h6-11,18-19,31H,2-5,12-17H2,1H3. The van der Waals surface area contributed by atoms with Crippen molar-refractivity contribution in [1.82, 2.24) is 4.90 Å². The van der Waals surface area contributed by atoms with E-state index in [9.17, 15) is 18.3 Å². The van der Waals surface area contributed by atoms with Crippen molar-refractivity contribution in [3.63, 3.8) is 0 Å². The van der Waals surface area contributed by atoms with Gasteiger partial charge >= 0.3 is 6.18 Å². The van der Waals surface area contributed by atoms with E-state index < -0.39 is 11.7 Å². The third-order valence-corrected chi connectivity index (χ3v) is 5.90. The summed E-state index contributed by atoms with van der Waals surface area (Å²) in [6.45, 7) is 5.29. The van der Waals surface area contributed by atoms with Gasteiger partial charge in [-0.15, -0.1) is 0 Å². The van der Waals surface area contributed by atoms with Crippen LogP contribution in [0, 0.1) is 0 Å². The first-order valence-electron chi connectivity index (χ1n) is 11.0. The first-order chi connectivity index (χ1) is 14.8. The Morgan fingerprint density at radius 3 is 2.32 bits per heavy atom. The summed E-state index contributed by atoms with van der Waals surface area (Å²) in [5, 5.41) is 9.57. The fourth-order valence-electron chi connectivity index (χ4n) is 4.01. The lowest BCUT2D eigenvalue weighted by atomic mass is 10.1. The van der Waals surface area contributed by atoms with E-state index in [1.165, 1.54) is 18.6 Å². The number of unbranched alkanes of at least 4 members (excludes halogenated alkanes) is 3. The minimum absolute atomic E-state index is 0.289. The van der Waals surface area contributed by atoms with E-state index in [0.717, 1.165) is 70.3 Å². The zero-order valence-electron chi connectivity index (χ0n) is 18.1. The molecule has 0 atom stereocenters. The Morgan fingerprint density at radius 1 is 0.903 bits per heavy atom. The molecule has 0 aromatic heterocycles. The van der Waals surface area contributed by atoms with Crippen LogP contribution in [0.4, 0.5) is 24.5 Å². The second-order valence-electron chi connectivity index (χ2n) is 8.23. The molecule has 1 heterocycles. The minimum atomic E-state index is -4.30. The quantitative estimate of drug-likeness (QED) is 0.547. The molecule has 1 N–H and O–H groups in total. The maximum Gasteiger partial charge on any atom is 0.416 e. The SMILES string of the molecule is CN(CCCCCCN1CCN(c2cccc(C(F)(F)F)c2)CC1)c1cccc(O)c1. The number of piperazine rings is 1. The van der Waals surface area contributed by atoms with E-state index in [1.54, 1.807) is 18.2 Å². The maximum atomic E-state index is 12.9. The molecule has 0 unspecified atom stereocenters. The Hall–Kier alpha value is -2.41. The zero-order valence-corrected chi connectivity index (χ0v) is 18.1. The molecule has 2 aromatic rings. The van der Waals surface area contributed by atoms with Crippen molar-refractivity contribution in [1.29, 1.82) is 0 Å². The number of aromatic hydroxyl groups is 1. The van der Waals surface area contributed by atoms with Gasteiger partial charge in [-0.1, -0.05) is 25.0 Å². The molecule has 0 spiro atoms. The highest BCUT2D eigenvalue weighted by molar-refractivity contribution is 5.50. The number of phenols is 1. The van der Waals surface area contributed by atoms with Crippen LogP contribution in [0.2, 0.25) is 0 Å². The molecule has 31 heavy (non-hydrogen) atoms. The van der Waals surface area contributed by atoms with Crippen LogP contribution in [0.15, 0.2) is 48.5 Å². The fourth-order valence-corrected chi connectivity index (χ4v) is 4.01. The van der Waals surface area contributed by atoms with Crippen LogP contribution in [-0.4, -0.2) is 56.3 Å². The number of nitrogens with zero attached hydrogens (tertiary/aromatic N) is 3. The van der Waals surface area contributed by atoms with Crippen molar-refractivity contribution < 1.29 is 18.3 Å². The molecule has 2 aromatic carbocycles. The van der Waals surface area contributed by atoms with Crippen LogP contribution >= 0.6 is 0 Å². The summed E-state index contributed by atoms with van der Waals surface area (Å²) >= 11 is 0. The molecule has 1 aliphatic rings. The van der Waals surface area contributed by atoms with E-state index >= 15 is 0 Å². The van der Waals surface area contributed by atoms with Crippen LogP contribution in [0.1, 0.15) is 31.2 Å². The number of hydrogen-bond donors (Lipinski definition) is 1. The summed E-state index contributed by atoms with van der Waals surface area (Å²) in [4.78, 5) is 6.61. The van der Waals surface area contributed by atoms with E-state index in [4.69, 9.17) is 0 Å². The molecule has 0 saturated carbocycles. The highest BCUT2D eigenvalue weighted by Gasteiger charge is 2.31. The van der Waals surface area contributed by atoms with Gasteiger partial charge in [0.15, 0.2) is 0 Å². The molecular formula is C24H32F3N3O. The summed E-state index contributed by atoms with van der Waals surface area (Å²) in [7, 11) is 2.04. The summed E-state index contributed by atoms with van der Waals surface area (Å²) < 4.78 is 38.8. The number of rotatable bonds is 9. The third kappa shape index (κ3) is 7.06. The molecule has 0 amide bonds. The van der Waals surface area contributed by atoms with Crippen molar-refractivity contribution >= 4 is 11.4 Å². The van der Waals surface area contributed by atoms with Crippen molar-refractivity contribution in [2.24, 2.45) is 0 Å². The zero-order chi connectivity index (χ0) is 22.3. The molecule has 1 saturated heterocycles. The van der Waals surface area contributed by atoms with Gasteiger partial charge in [0.1, 0.15) is 5.75 Å². The first kappa shape index (κ1) is 23.3. The summed E-state index contributed by atoms with van der Waals surface area (Å²) in [6, 6.07) is 12.9. The summed E-state index contributed by atoms with van der Waals surface area (Å²) in [5.74, 6) is 0.289. The number of benzene rings is 2. The molecule has 7 heteroatoms.